The summed E-state index contributed by atoms with van der Waals surface area (Å²) >= 11 is 3.56. The maximum atomic E-state index is 10.4. The molecule has 130 heavy (non-hydrogen) atoms. The number of nitriles is 3. The van der Waals surface area contributed by atoms with Crippen molar-refractivity contribution in [1.82, 2.24) is 78.8 Å². The molecule has 3 aliphatic carbocycles. The van der Waals surface area contributed by atoms with Crippen LogP contribution in [0.15, 0.2) is 170 Å². The van der Waals surface area contributed by atoms with Crippen LogP contribution < -0.4 is 44.0 Å². The van der Waals surface area contributed by atoms with Gasteiger partial charge in [-0.05, 0) is 187 Å². The van der Waals surface area contributed by atoms with Gasteiger partial charge in [-0.1, -0.05) is 18.2 Å². The van der Waals surface area contributed by atoms with Gasteiger partial charge in [-0.2, -0.15) is 31.1 Å². The van der Waals surface area contributed by atoms with Crippen molar-refractivity contribution in [2.45, 2.75) is 190 Å². The van der Waals surface area contributed by atoms with Crippen molar-refractivity contribution in [3.8, 4) is 69.2 Å². The van der Waals surface area contributed by atoms with E-state index in [1.807, 2.05) is 122 Å². The van der Waals surface area contributed by atoms with Crippen LogP contribution in [0.1, 0.15) is 133 Å². The van der Waals surface area contributed by atoms with Crippen LogP contribution in [-0.2, 0) is 19.6 Å². The molecule has 6 bridgehead atoms. The molecule has 0 radical (unpaired) electrons. The van der Waals surface area contributed by atoms with E-state index in [4.69, 9.17) is 29.2 Å². The van der Waals surface area contributed by atoms with Gasteiger partial charge in [0, 0.05) is 252 Å². The number of piperidine rings is 3. The second-order valence-electron chi connectivity index (χ2n) is 39.2. The summed E-state index contributed by atoms with van der Waals surface area (Å²) < 4.78 is 23.6. The molecule has 0 spiro atoms. The number of nitrogens with one attached hydrogen (secondary N) is 1. The lowest BCUT2D eigenvalue weighted by atomic mass is 9.84. The summed E-state index contributed by atoms with van der Waals surface area (Å²) in [5.41, 5.74) is 13.6. The number of nitrogens with zero attached hydrogens (tertiary/aromatic N) is 23. The van der Waals surface area contributed by atoms with E-state index in [-0.39, 0.29) is 11.8 Å². The molecule has 15 aliphatic rings. The summed E-state index contributed by atoms with van der Waals surface area (Å²) in [6, 6.07) is 41.3. The summed E-state index contributed by atoms with van der Waals surface area (Å²) in [4.78, 5) is 47.6. The molecular formula is C99H109BrN24O6. The molecule has 0 aromatic carbocycles. The maximum absolute atomic E-state index is 10.4. The van der Waals surface area contributed by atoms with Gasteiger partial charge in [0.1, 0.15) is 54.0 Å². The first-order valence-electron chi connectivity index (χ1n) is 45.9. The molecule has 3 saturated carbocycles. The molecule has 12 aromatic rings. The van der Waals surface area contributed by atoms with Crippen molar-refractivity contribution in [2.24, 2.45) is 17.8 Å². The van der Waals surface area contributed by atoms with E-state index in [2.05, 4.69) is 176 Å². The number of hydrogen-bond acceptors (Lipinski definition) is 27. The van der Waals surface area contributed by atoms with Crippen LogP contribution in [0.3, 0.4) is 0 Å². The Morgan fingerprint density at radius 1 is 0.377 bits per heavy atom. The molecular weight excluding hydrogens is 1700 g/mol. The smallest absolute Gasteiger partial charge is 0.213 e. The topological polar surface area (TPSA) is 327 Å². The minimum absolute atomic E-state index is 0.218. The van der Waals surface area contributed by atoms with Gasteiger partial charge in [-0.15, -0.1) is 0 Å². The van der Waals surface area contributed by atoms with Gasteiger partial charge >= 0.3 is 0 Å². The molecule has 24 heterocycles. The zero-order valence-corrected chi connectivity index (χ0v) is 75.8. The number of anilines is 5. The van der Waals surface area contributed by atoms with E-state index >= 15 is 0 Å². The summed E-state index contributed by atoms with van der Waals surface area (Å²) in [7, 11) is 0. The zero-order valence-electron chi connectivity index (χ0n) is 74.2. The highest BCUT2D eigenvalue weighted by atomic mass is 79.9. The number of hydrogen-bond donors (Lipinski definition) is 4. The predicted molar refractivity (Wildman–Crippen MR) is 497 cm³/mol. The highest BCUT2D eigenvalue weighted by Gasteiger charge is 2.49. The minimum atomic E-state index is -0.706. The standard InChI is InChI=1S/2C33H36N8O2.C27H24BrN7O.C6H13NO/c2*1-33(2,42)24-16-38(17-24)25-10-29(32-23(11-34)14-37-41(32)20-25)22-4-7-30(35-13-22)39-18-26-9-27(19-39)40(26)15-21-3-8-31(36-12-21)43-28-5-6-28;28-20-7-24(27-19(9-29)12-32-35(27)14-20)18-2-5-25(30-11-18)33-15-21-8-22(16-33)34(21)13-17-1-6-26(31-10-17)36-23-3-4-23;1-6(2,8)5-3-7-4-5/h2*3-4,7-8,10,12-14,20,24,26-28,42H,5-6,9,15-19H2,1-2H3;1-2,5-7,10-12,14,21-23H,3-4,8,13,15-16H2;5,7-8H,3-4H2,1-2H3. The molecule has 668 valence electrons. The van der Waals surface area contributed by atoms with Crippen LogP contribution in [0, 0.1) is 51.7 Å². The lowest BCUT2D eigenvalue weighted by Gasteiger charge is -2.56. The van der Waals surface area contributed by atoms with Gasteiger partial charge < -0.3 is 59.3 Å². The lowest BCUT2D eigenvalue weighted by Crippen LogP contribution is -2.68. The third-order valence-corrected chi connectivity index (χ3v) is 28.9. The van der Waals surface area contributed by atoms with E-state index in [0.29, 0.717) is 77.2 Å². The van der Waals surface area contributed by atoms with Crippen LogP contribution in [0.25, 0.3) is 49.9 Å². The van der Waals surface area contributed by atoms with E-state index in [1.54, 1.807) is 32.1 Å². The minimum Gasteiger partial charge on any atom is -0.474 e. The third kappa shape index (κ3) is 17.8. The highest BCUT2D eigenvalue weighted by Crippen LogP contribution is 2.44. The van der Waals surface area contributed by atoms with Gasteiger partial charge in [0.05, 0.1) is 92.4 Å². The van der Waals surface area contributed by atoms with Crippen molar-refractivity contribution in [1.29, 1.82) is 15.8 Å². The lowest BCUT2D eigenvalue weighted by molar-refractivity contribution is -0.00879. The van der Waals surface area contributed by atoms with Crippen LogP contribution in [-0.4, -0.2) is 239 Å². The molecule has 12 aromatic heterocycles. The Bertz CT molecular complexity index is 5980. The van der Waals surface area contributed by atoms with Crippen LogP contribution in [0.5, 0.6) is 17.6 Å². The normalized spacial score (nSPS) is 22.0. The van der Waals surface area contributed by atoms with E-state index in [0.717, 1.165) is 238 Å². The van der Waals surface area contributed by atoms with Crippen molar-refractivity contribution < 1.29 is 29.5 Å². The Hall–Kier alpha value is -12.0. The number of aliphatic hydroxyl groups is 3. The predicted octanol–water partition coefficient (Wildman–Crippen LogP) is 12.2. The van der Waals surface area contributed by atoms with Crippen molar-refractivity contribution >= 4 is 61.3 Å². The second-order valence-corrected chi connectivity index (χ2v) is 40.2. The Labute approximate surface area is 764 Å². The number of aromatic nitrogens is 12. The summed E-state index contributed by atoms with van der Waals surface area (Å²) in [5.74, 6) is 6.09. The number of pyridine rings is 9. The molecule has 27 rings (SSSR count). The summed E-state index contributed by atoms with van der Waals surface area (Å²) in [6.07, 6.45) is 33.9. The third-order valence-electron chi connectivity index (χ3n) is 28.5. The Balaban J connectivity index is 0.000000113. The van der Waals surface area contributed by atoms with Crippen molar-refractivity contribution in [3.63, 3.8) is 0 Å². The zero-order chi connectivity index (χ0) is 89.0. The molecule has 31 heteroatoms. The first kappa shape index (κ1) is 84.9. The fourth-order valence-corrected chi connectivity index (χ4v) is 20.1. The molecule has 15 fully saturated rings. The van der Waals surface area contributed by atoms with Gasteiger partial charge in [0.25, 0.3) is 0 Å². The van der Waals surface area contributed by atoms with Crippen molar-refractivity contribution in [3.05, 3.63) is 203 Å². The van der Waals surface area contributed by atoms with E-state index in [1.165, 1.54) is 36.0 Å². The molecule has 12 aliphatic heterocycles. The molecule has 0 amide bonds. The van der Waals surface area contributed by atoms with Crippen molar-refractivity contribution in [2.75, 3.05) is 103 Å². The van der Waals surface area contributed by atoms with Crippen LogP contribution in [0.2, 0.25) is 0 Å². The van der Waals surface area contributed by atoms with E-state index < -0.39 is 16.8 Å². The molecule has 4 N–H and O–H groups in total. The van der Waals surface area contributed by atoms with E-state index in [9.17, 15) is 31.1 Å². The largest absolute Gasteiger partial charge is 0.474 e. The van der Waals surface area contributed by atoms with Gasteiger partial charge in [0.15, 0.2) is 0 Å². The quantitative estimate of drug-likeness (QED) is 0.0462. The molecule has 6 unspecified atom stereocenters. The number of piperazine rings is 3. The average molecular weight is 1810 g/mol. The fraction of sp³-hybridized carbons (Fsp3) is 0.455. The van der Waals surface area contributed by atoms with Crippen LogP contribution >= 0.6 is 15.9 Å². The molecule has 6 atom stereocenters. The second kappa shape index (κ2) is 34.4. The summed E-state index contributed by atoms with van der Waals surface area (Å²) in [6.45, 7) is 24.8. The SMILES string of the molecule is CC(C)(O)C1CN(c2cc(-c3ccc(N4CC5CC(C4)N5Cc4ccc(OC5CC5)nc4)nc3)c3c(C#N)cnn3c2)C1.CC(C)(O)C1CN(c2cc(-c3ccc(N4CC5CC(C4)N5Cc4ccc(OC5CC5)nc4)nc3)c3c(C#N)cnn3c2)C1.CC(C)(O)C1CNC1.N#Cc1cnn2cc(Br)cc(-c3ccc(N4CC5CC(C4)N5Cc4ccc(OC5CC5)nc4)nc3)c12. The van der Waals surface area contributed by atoms with Gasteiger partial charge in [-0.25, -0.2) is 43.5 Å². The number of halogens is 1. The van der Waals surface area contributed by atoms with Gasteiger partial charge in [0.2, 0.25) is 17.6 Å². The van der Waals surface area contributed by atoms with Gasteiger partial charge in [-0.3, -0.25) is 14.7 Å². The highest BCUT2D eigenvalue weighted by molar-refractivity contribution is 9.10. The number of fused-ring (bicyclic) bond motifs is 9. The maximum Gasteiger partial charge on any atom is 0.213 e. The Kier molecular flexibility index (Phi) is 22.5. The fourth-order valence-electron chi connectivity index (χ4n) is 19.6. The average Bonchev–Trinajstić information content (AvgIpc) is 1.58. The number of ether oxygens (including phenoxy) is 3. The molecule has 30 nitrogen and oxygen atoms in total. The molecule has 12 saturated heterocycles. The monoisotopic (exact) mass is 1810 g/mol. The summed E-state index contributed by atoms with van der Waals surface area (Å²) in [5, 5.41) is 75.6. The first-order valence-corrected chi connectivity index (χ1v) is 46.7. The Morgan fingerprint density at radius 3 is 0.946 bits per heavy atom. The van der Waals surface area contributed by atoms with Crippen LogP contribution in [0.4, 0.5) is 28.8 Å². The number of rotatable bonds is 23. The Morgan fingerprint density at radius 2 is 0.692 bits per heavy atom. The first-order chi connectivity index (χ1) is 62.9.